The van der Waals surface area contributed by atoms with Gasteiger partial charge in [0.1, 0.15) is 5.75 Å². The summed E-state index contributed by atoms with van der Waals surface area (Å²) in [6.07, 6.45) is 3.28. The van der Waals surface area contributed by atoms with Crippen molar-refractivity contribution in [3.05, 3.63) is 82.9 Å². The van der Waals surface area contributed by atoms with Gasteiger partial charge in [-0.3, -0.25) is 9.36 Å². The lowest BCUT2D eigenvalue weighted by atomic mass is 10.0. The number of nitrogens with one attached hydrogen (secondary N) is 1. The van der Waals surface area contributed by atoms with Crippen LogP contribution in [0, 0.1) is 0 Å². The molecule has 1 atom stereocenters. The maximum atomic E-state index is 12.9. The average molecular weight is 349 g/mol. The predicted octanol–water partition coefficient (Wildman–Crippen LogP) is 3.85. The lowest BCUT2D eigenvalue weighted by molar-refractivity contribution is 0.339. The number of ether oxygens (including phenoxy) is 1. The standard InChI is InChI=1S/C21H23N3O2/c1-3-26-19-12-8-7-11-18(19)24-14-13-22-20(21(24)25)23-15-16(2)17-9-5-4-6-10-17/h4-14,16H,3,15H2,1-2H3,(H,22,23). The number of aromatic nitrogens is 2. The van der Waals surface area contributed by atoms with Crippen molar-refractivity contribution in [1.29, 1.82) is 0 Å². The highest BCUT2D eigenvalue weighted by molar-refractivity contribution is 5.48. The number of hydrogen-bond donors (Lipinski definition) is 1. The van der Waals surface area contributed by atoms with Gasteiger partial charge in [-0.05, 0) is 30.5 Å². The first-order valence-corrected chi connectivity index (χ1v) is 8.79. The van der Waals surface area contributed by atoms with Crippen LogP contribution in [0.5, 0.6) is 5.75 Å². The van der Waals surface area contributed by atoms with E-state index in [1.54, 1.807) is 17.0 Å². The van der Waals surface area contributed by atoms with E-state index in [2.05, 4.69) is 29.4 Å². The summed E-state index contributed by atoms with van der Waals surface area (Å²) in [5.74, 6) is 1.27. The Hall–Kier alpha value is -3.08. The minimum Gasteiger partial charge on any atom is -0.492 e. The van der Waals surface area contributed by atoms with E-state index < -0.39 is 0 Å². The summed E-state index contributed by atoms with van der Waals surface area (Å²) in [4.78, 5) is 17.1. The van der Waals surface area contributed by atoms with Crippen LogP contribution in [0.15, 0.2) is 71.8 Å². The molecule has 5 heteroatoms. The molecular formula is C21H23N3O2. The predicted molar refractivity (Wildman–Crippen MR) is 104 cm³/mol. The third-order valence-electron chi connectivity index (χ3n) is 4.21. The van der Waals surface area contributed by atoms with E-state index in [-0.39, 0.29) is 11.5 Å². The second-order valence-electron chi connectivity index (χ2n) is 6.04. The van der Waals surface area contributed by atoms with Gasteiger partial charge >= 0.3 is 0 Å². The fourth-order valence-corrected chi connectivity index (χ4v) is 2.81. The quantitative estimate of drug-likeness (QED) is 0.704. The number of hydrogen-bond acceptors (Lipinski definition) is 4. The van der Waals surface area contributed by atoms with E-state index in [4.69, 9.17) is 4.74 Å². The summed E-state index contributed by atoms with van der Waals surface area (Å²) >= 11 is 0. The first-order chi connectivity index (χ1) is 12.7. The van der Waals surface area contributed by atoms with Crippen LogP contribution in [-0.2, 0) is 0 Å². The summed E-state index contributed by atoms with van der Waals surface area (Å²) in [6, 6.07) is 17.7. The molecule has 0 aliphatic rings. The largest absolute Gasteiger partial charge is 0.492 e. The van der Waals surface area contributed by atoms with Crippen LogP contribution in [0.1, 0.15) is 25.3 Å². The second kappa shape index (κ2) is 8.34. The van der Waals surface area contributed by atoms with Crippen molar-refractivity contribution in [3.8, 4) is 11.4 Å². The Labute approximate surface area is 153 Å². The SMILES string of the molecule is CCOc1ccccc1-n1ccnc(NCC(C)c2ccccc2)c1=O. The van der Waals surface area contributed by atoms with Crippen LogP contribution in [0.25, 0.3) is 5.69 Å². The van der Waals surface area contributed by atoms with Gasteiger partial charge in [-0.25, -0.2) is 4.98 Å². The van der Waals surface area contributed by atoms with Gasteiger partial charge in [0.25, 0.3) is 5.56 Å². The summed E-state index contributed by atoms with van der Waals surface area (Å²) < 4.78 is 7.20. The molecule has 0 fully saturated rings. The van der Waals surface area contributed by atoms with Crippen molar-refractivity contribution in [3.63, 3.8) is 0 Å². The zero-order chi connectivity index (χ0) is 18.4. The average Bonchev–Trinajstić information content (AvgIpc) is 2.68. The topological polar surface area (TPSA) is 56.1 Å². The van der Waals surface area contributed by atoms with E-state index in [9.17, 15) is 4.79 Å². The van der Waals surface area contributed by atoms with Crippen molar-refractivity contribution in [2.24, 2.45) is 0 Å². The summed E-state index contributed by atoms with van der Waals surface area (Å²) in [5.41, 5.74) is 1.73. The molecule has 2 aromatic carbocycles. The van der Waals surface area contributed by atoms with Crippen molar-refractivity contribution in [2.75, 3.05) is 18.5 Å². The molecule has 3 rings (SSSR count). The molecule has 0 bridgehead atoms. The van der Waals surface area contributed by atoms with Gasteiger partial charge in [-0.15, -0.1) is 0 Å². The van der Waals surface area contributed by atoms with E-state index in [0.29, 0.717) is 30.4 Å². The molecule has 0 aliphatic carbocycles. The van der Waals surface area contributed by atoms with Gasteiger partial charge in [0, 0.05) is 18.9 Å². The van der Waals surface area contributed by atoms with Crippen molar-refractivity contribution >= 4 is 5.82 Å². The van der Waals surface area contributed by atoms with Gasteiger partial charge in [0.05, 0.1) is 12.3 Å². The molecule has 26 heavy (non-hydrogen) atoms. The Balaban J connectivity index is 1.83. The van der Waals surface area contributed by atoms with Gasteiger partial charge in [0.2, 0.25) is 0 Å². The van der Waals surface area contributed by atoms with Crippen LogP contribution >= 0.6 is 0 Å². The van der Waals surface area contributed by atoms with E-state index >= 15 is 0 Å². The molecule has 3 aromatic rings. The Morgan fingerprint density at radius 2 is 1.85 bits per heavy atom. The highest BCUT2D eigenvalue weighted by Gasteiger charge is 2.12. The van der Waals surface area contributed by atoms with E-state index in [1.165, 1.54) is 5.56 Å². The Kier molecular flexibility index (Phi) is 5.69. The summed E-state index contributed by atoms with van der Waals surface area (Å²) in [5, 5.41) is 3.19. The lowest BCUT2D eigenvalue weighted by Gasteiger charge is -2.15. The zero-order valence-corrected chi connectivity index (χ0v) is 15.1. The molecule has 1 unspecified atom stereocenters. The van der Waals surface area contributed by atoms with Gasteiger partial charge in [-0.1, -0.05) is 49.4 Å². The number of anilines is 1. The van der Waals surface area contributed by atoms with Gasteiger partial charge < -0.3 is 10.1 Å². The van der Waals surface area contributed by atoms with Gasteiger partial charge in [-0.2, -0.15) is 0 Å². The van der Waals surface area contributed by atoms with Crippen molar-refractivity contribution < 1.29 is 4.74 Å². The van der Waals surface area contributed by atoms with Crippen LogP contribution in [0.4, 0.5) is 5.82 Å². The molecule has 0 spiro atoms. The summed E-state index contributed by atoms with van der Waals surface area (Å²) in [6.45, 7) is 5.21. The van der Waals surface area contributed by atoms with Crippen LogP contribution in [0.3, 0.4) is 0 Å². The Morgan fingerprint density at radius 1 is 1.12 bits per heavy atom. The molecule has 5 nitrogen and oxygen atoms in total. The Bertz CT molecular complexity index is 906. The smallest absolute Gasteiger partial charge is 0.297 e. The third-order valence-corrected chi connectivity index (χ3v) is 4.21. The number of rotatable bonds is 7. The second-order valence-corrected chi connectivity index (χ2v) is 6.04. The molecule has 1 aromatic heterocycles. The number of benzene rings is 2. The normalized spacial score (nSPS) is 11.8. The molecular weight excluding hydrogens is 326 g/mol. The molecule has 134 valence electrons. The third kappa shape index (κ3) is 3.94. The van der Waals surface area contributed by atoms with E-state index in [0.717, 1.165) is 0 Å². The highest BCUT2D eigenvalue weighted by atomic mass is 16.5. The van der Waals surface area contributed by atoms with Gasteiger partial charge in [0.15, 0.2) is 5.82 Å². The molecule has 0 amide bonds. The van der Waals surface area contributed by atoms with Crippen LogP contribution in [0.2, 0.25) is 0 Å². The maximum Gasteiger partial charge on any atom is 0.297 e. The monoisotopic (exact) mass is 349 g/mol. The van der Waals surface area contributed by atoms with Crippen molar-refractivity contribution in [1.82, 2.24) is 9.55 Å². The molecule has 0 aliphatic heterocycles. The minimum absolute atomic E-state index is 0.195. The fourth-order valence-electron chi connectivity index (χ4n) is 2.81. The number of para-hydroxylation sites is 2. The maximum absolute atomic E-state index is 12.9. The molecule has 0 saturated heterocycles. The molecule has 0 radical (unpaired) electrons. The number of nitrogens with zero attached hydrogens (tertiary/aromatic N) is 2. The molecule has 1 N–H and O–H groups in total. The summed E-state index contributed by atoms with van der Waals surface area (Å²) in [7, 11) is 0. The zero-order valence-electron chi connectivity index (χ0n) is 15.1. The molecule has 1 heterocycles. The minimum atomic E-state index is -0.195. The molecule has 0 saturated carbocycles. The van der Waals surface area contributed by atoms with Crippen LogP contribution < -0.4 is 15.6 Å². The Morgan fingerprint density at radius 3 is 2.62 bits per heavy atom. The van der Waals surface area contributed by atoms with Crippen molar-refractivity contribution in [2.45, 2.75) is 19.8 Å². The lowest BCUT2D eigenvalue weighted by Crippen LogP contribution is -2.25. The van der Waals surface area contributed by atoms with Crippen LogP contribution in [-0.4, -0.2) is 22.7 Å². The van der Waals surface area contributed by atoms with E-state index in [1.807, 2.05) is 49.4 Å². The highest BCUT2D eigenvalue weighted by Crippen LogP contribution is 2.21. The first kappa shape index (κ1) is 17.7. The fraction of sp³-hybridized carbons (Fsp3) is 0.238. The first-order valence-electron chi connectivity index (χ1n) is 8.79.